The minimum atomic E-state index is -0.0146. The van der Waals surface area contributed by atoms with Gasteiger partial charge in [0.1, 0.15) is 0 Å². The molecule has 0 radical (unpaired) electrons. The fourth-order valence-electron chi connectivity index (χ4n) is 5.79. The van der Waals surface area contributed by atoms with Crippen LogP contribution in [0.15, 0.2) is 24.3 Å². The highest BCUT2D eigenvalue weighted by molar-refractivity contribution is 6.30. The van der Waals surface area contributed by atoms with Crippen molar-refractivity contribution in [3.8, 4) is 0 Å². The molecule has 1 atom stereocenters. The van der Waals surface area contributed by atoms with E-state index < -0.39 is 0 Å². The van der Waals surface area contributed by atoms with Crippen molar-refractivity contribution in [2.24, 2.45) is 5.92 Å². The monoisotopic (exact) mass is 475 g/mol. The topological polar surface area (TPSA) is 53.1 Å². The van der Waals surface area contributed by atoms with Crippen molar-refractivity contribution >= 4 is 23.5 Å². The number of hydrogen-bond donors (Lipinski definition) is 0. The van der Waals surface area contributed by atoms with Gasteiger partial charge in [0.25, 0.3) is 0 Å². The van der Waals surface area contributed by atoms with Gasteiger partial charge in [0, 0.05) is 36.6 Å². The van der Waals surface area contributed by atoms with Gasteiger partial charge in [-0.2, -0.15) is 0 Å². The van der Waals surface area contributed by atoms with Crippen LogP contribution in [0.1, 0.15) is 57.4 Å². The number of rotatable bonds is 6. The molecule has 1 aromatic rings. The van der Waals surface area contributed by atoms with Gasteiger partial charge in [0.05, 0.1) is 12.5 Å². The van der Waals surface area contributed by atoms with E-state index in [0.717, 1.165) is 69.0 Å². The Hall–Kier alpha value is -1.63. The Morgan fingerprint density at radius 3 is 2.27 bits per heavy atom. The number of amides is 1. The molecule has 0 bridgehead atoms. The number of esters is 1. The van der Waals surface area contributed by atoms with E-state index in [2.05, 4.69) is 9.80 Å². The van der Waals surface area contributed by atoms with Gasteiger partial charge in [0.2, 0.25) is 5.91 Å². The Bertz CT molecular complexity index is 804. The average Bonchev–Trinajstić information content (AvgIpc) is 3.01. The number of benzene rings is 1. The number of halogens is 1. The lowest BCUT2D eigenvalue weighted by Gasteiger charge is -2.43. The minimum absolute atomic E-state index is 0.0146. The van der Waals surface area contributed by atoms with E-state index in [1.807, 2.05) is 36.1 Å². The van der Waals surface area contributed by atoms with Crippen molar-refractivity contribution in [3.05, 3.63) is 34.9 Å². The second-order valence-corrected chi connectivity index (χ2v) is 10.2. The van der Waals surface area contributed by atoms with Gasteiger partial charge in [-0.15, -0.1) is 0 Å². The molecule has 0 saturated carbocycles. The van der Waals surface area contributed by atoms with Crippen LogP contribution in [-0.2, 0) is 20.9 Å². The number of carbonyl (C=O) groups excluding carboxylic acids is 2. The Morgan fingerprint density at radius 1 is 0.970 bits per heavy atom. The van der Waals surface area contributed by atoms with Crippen molar-refractivity contribution in [1.82, 2.24) is 14.7 Å². The first-order valence-corrected chi connectivity index (χ1v) is 13.1. The van der Waals surface area contributed by atoms with Crippen LogP contribution in [0.25, 0.3) is 0 Å². The van der Waals surface area contributed by atoms with Crippen molar-refractivity contribution in [1.29, 1.82) is 0 Å². The fraction of sp³-hybridized carbons (Fsp3) is 0.692. The molecule has 7 heteroatoms. The second-order valence-electron chi connectivity index (χ2n) is 9.76. The molecule has 3 saturated heterocycles. The molecule has 3 fully saturated rings. The summed E-state index contributed by atoms with van der Waals surface area (Å²) in [6, 6.07) is 8.94. The highest BCUT2D eigenvalue weighted by Crippen LogP contribution is 2.28. The summed E-state index contributed by atoms with van der Waals surface area (Å²) >= 11 is 6.12. The quantitative estimate of drug-likeness (QED) is 0.583. The minimum Gasteiger partial charge on any atom is -0.466 e. The van der Waals surface area contributed by atoms with E-state index in [0.29, 0.717) is 31.7 Å². The third kappa shape index (κ3) is 6.49. The highest BCUT2D eigenvalue weighted by Gasteiger charge is 2.33. The third-order valence-electron chi connectivity index (χ3n) is 7.72. The van der Waals surface area contributed by atoms with Crippen LogP contribution < -0.4 is 0 Å². The molecule has 3 aliphatic heterocycles. The van der Waals surface area contributed by atoms with E-state index in [4.69, 9.17) is 16.3 Å². The number of carbonyl (C=O) groups is 2. The molecule has 0 spiro atoms. The van der Waals surface area contributed by atoms with E-state index in [-0.39, 0.29) is 17.8 Å². The molecule has 1 unspecified atom stereocenters. The van der Waals surface area contributed by atoms with Crippen molar-refractivity contribution in [3.63, 3.8) is 0 Å². The summed E-state index contributed by atoms with van der Waals surface area (Å²) in [5.74, 6) is 0.329. The SMILES string of the molecule is CCOC(=O)C1CCN(C2CCN(C3CCC(=O)N(Cc4cccc(Cl)c4)CC3)CC2)CC1. The molecule has 1 aromatic carbocycles. The van der Waals surface area contributed by atoms with Gasteiger partial charge in [0.15, 0.2) is 0 Å². The summed E-state index contributed by atoms with van der Waals surface area (Å²) in [7, 11) is 0. The molecule has 33 heavy (non-hydrogen) atoms. The molecule has 182 valence electrons. The molecule has 4 rings (SSSR count). The van der Waals surface area contributed by atoms with Crippen molar-refractivity contribution < 1.29 is 14.3 Å². The van der Waals surface area contributed by atoms with E-state index in [9.17, 15) is 9.59 Å². The molecule has 0 aliphatic carbocycles. The molecular formula is C26H38ClN3O3. The van der Waals surface area contributed by atoms with Crippen molar-refractivity contribution in [2.75, 3.05) is 39.3 Å². The first kappa shape index (κ1) is 24.5. The van der Waals surface area contributed by atoms with Crippen molar-refractivity contribution in [2.45, 2.75) is 70.5 Å². The summed E-state index contributed by atoms with van der Waals surface area (Å²) < 4.78 is 5.21. The van der Waals surface area contributed by atoms with Crippen LogP contribution in [0.5, 0.6) is 0 Å². The van der Waals surface area contributed by atoms with Crippen LogP contribution >= 0.6 is 11.6 Å². The Balaban J connectivity index is 1.22. The first-order valence-electron chi connectivity index (χ1n) is 12.7. The standard InChI is InChI=1S/C26H38ClN3O3/c1-2-33-26(32)21-8-13-28(14-9-21)24-10-15-29(16-11-24)23-6-7-25(31)30(17-12-23)19-20-4-3-5-22(27)18-20/h3-5,18,21,23-24H,2,6-17,19H2,1H3. The number of piperidine rings is 2. The maximum absolute atomic E-state index is 12.7. The van der Waals surface area contributed by atoms with Crippen LogP contribution in [0.3, 0.4) is 0 Å². The fourth-order valence-corrected chi connectivity index (χ4v) is 6.00. The molecule has 0 aromatic heterocycles. The smallest absolute Gasteiger partial charge is 0.309 e. The van der Waals surface area contributed by atoms with Gasteiger partial charge in [-0.25, -0.2) is 0 Å². The third-order valence-corrected chi connectivity index (χ3v) is 7.96. The molecule has 1 amide bonds. The Labute approximate surface area is 203 Å². The van der Waals surface area contributed by atoms with Gasteiger partial charge < -0.3 is 19.4 Å². The molecule has 3 aliphatic rings. The Kier molecular flexibility index (Phi) is 8.67. The zero-order chi connectivity index (χ0) is 23.2. The van der Waals surface area contributed by atoms with Crippen LogP contribution in [0.2, 0.25) is 5.02 Å². The van der Waals surface area contributed by atoms with Gasteiger partial charge in [-0.1, -0.05) is 23.7 Å². The normalized spacial score (nSPS) is 24.6. The lowest BCUT2D eigenvalue weighted by molar-refractivity contribution is -0.150. The van der Waals surface area contributed by atoms with E-state index >= 15 is 0 Å². The lowest BCUT2D eigenvalue weighted by Crippen LogP contribution is -2.50. The second kappa shape index (κ2) is 11.7. The summed E-state index contributed by atoms with van der Waals surface area (Å²) in [5, 5.41) is 0.723. The molecule has 3 heterocycles. The highest BCUT2D eigenvalue weighted by atomic mass is 35.5. The zero-order valence-corrected chi connectivity index (χ0v) is 20.6. The zero-order valence-electron chi connectivity index (χ0n) is 19.9. The summed E-state index contributed by atoms with van der Waals surface area (Å²) in [6.45, 7) is 8.04. The lowest BCUT2D eigenvalue weighted by atomic mass is 9.93. The van der Waals surface area contributed by atoms with Crippen LogP contribution in [-0.4, -0.2) is 78.0 Å². The summed E-state index contributed by atoms with van der Waals surface area (Å²) in [6.07, 6.45) is 6.84. The Morgan fingerprint density at radius 2 is 1.61 bits per heavy atom. The van der Waals surface area contributed by atoms with Crippen LogP contribution in [0, 0.1) is 5.92 Å². The average molecular weight is 476 g/mol. The summed E-state index contributed by atoms with van der Waals surface area (Å²) in [4.78, 5) is 32.0. The predicted octanol–water partition coefficient (Wildman–Crippen LogP) is 3.96. The van der Waals surface area contributed by atoms with Gasteiger partial charge in [-0.3, -0.25) is 9.59 Å². The van der Waals surface area contributed by atoms with E-state index in [1.54, 1.807) is 0 Å². The van der Waals surface area contributed by atoms with Crippen LogP contribution in [0.4, 0.5) is 0 Å². The van der Waals surface area contributed by atoms with Gasteiger partial charge in [-0.05, 0) is 89.3 Å². The van der Waals surface area contributed by atoms with E-state index in [1.165, 1.54) is 12.8 Å². The van der Waals surface area contributed by atoms with Gasteiger partial charge >= 0.3 is 5.97 Å². The molecule has 6 nitrogen and oxygen atoms in total. The summed E-state index contributed by atoms with van der Waals surface area (Å²) in [5.41, 5.74) is 1.10. The maximum Gasteiger partial charge on any atom is 0.309 e. The first-order chi connectivity index (χ1) is 16.0. The number of hydrogen-bond acceptors (Lipinski definition) is 5. The number of nitrogens with zero attached hydrogens (tertiary/aromatic N) is 3. The maximum atomic E-state index is 12.7. The number of likely N-dealkylation sites (tertiary alicyclic amines) is 3. The molecule has 0 N–H and O–H groups in total. The largest absolute Gasteiger partial charge is 0.466 e. The molecular weight excluding hydrogens is 438 g/mol. The number of ether oxygens (including phenoxy) is 1. The predicted molar refractivity (Wildman–Crippen MR) is 130 cm³/mol.